The van der Waals surface area contributed by atoms with Gasteiger partial charge in [-0.05, 0) is 12.1 Å². The third kappa shape index (κ3) is 1.87. The summed E-state index contributed by atoms with van der Waals surface area (Å²) in [7, 11) is 1.90. The molecule has 2 heterocycles. The van der Waals surface area contributed by atoms with Crippen molar-refractivity contribution in [2.75, 3.05) is 0 Å². The lowest BCUT2D eigenvalue weighted by molar-refractivity contribution is 0.780. The molecule has 0 amide bonds. The monoisotopic (exact) mass is 244 g/mol. The van der Waals surface area contributed by atoms with E-state index in [0.717, 1.165) is 22.2 Å². The van der Waals surface area contributed by atoms with Crippen molar-refractivity contribution >= 4 is 22.5 Å². The van der Waals surface area contributed by atoms with Crippen molar-refractivity contribution < 1.29 is 0 Å². The molecule has 0 atom stereocenters. The van der Waals surface area contributed by atoms with Crippen LogP contribution in [0.5, 0.6) is 0 Å². The normalized spacial score (nSPS) is 10.9. The van der Waals surface area contributed by atoms with Gasteiger partial charge in [0.05, 0.1) is 11.2 Å². The SMILES string of the molecule is Cn1cc2cc(-c3cc(Cl)ncn3)ccc2n1. The van der Waals surface area contributed by atoms with Crippen LogP contribution in [0, 0.1) is 0 Å². The molecule has 0 spiro atoms. The summed E-state index contributed by atoms with van der Waals surface area (Å²) in [4.78, 5) is 8.07. The van der Waals surface area contributed by atoms with Gasteiger partial charge in [-0.1, -0.05) is 17.7 Å². The zero-order valence-corrected chi connectivity index (χ0v) is 9.89. The van der Waals surface area contributed by atoms with E-state index in [1.165, 1.54) is 6.33 Å². The Hall–Kier alpha value is -1.94. The number of aryl methyl sites for hydroxylation is 1. The van der Waals surface area contributed by atoms with Gasteiger partial charge in [0.15, 0.2) is 0 Å². The number of fused-ring (bicyclic) bond motifs is 1. The molecule has 0 fully saturated rings. The Morgan fingerprint density at radius 1 is 1.18 bits per heavy atom. The molecule has 3 aromatic rings. The molecule has 84 valence electrons. The molecule has 0 bridgehead atoms. The first-order valence-electron chi connectivity index (χ1n) is 5.14. The van der Waals surface area contributed by atoms with Crippen LogP contribution in [0.3, 0.4) is 0 Å². The number of rotatable bonds is 1. The Labute approximate surface area is 103 Å². The van der Waals surface area contributed by atoms with Crippen LogP contribution in [0.25, 0.3) is 22.2 Å². The molecule has 0 unspecified atom stereocenters. The first-order valence-corrected chi connectivity index (χ1v) is 5.51. The average Bonchev–Trinajstić information content (AvgIpc) is 2.68. The lowest BCUT2D eigenvalue weighted by Crippen LogP contribution is -1.85. The summed E-state index contributed by atoms with van der Waals surface area (Å²) in [5.41, 5.74) is 2.79. The summed E-state index contributed by atoms with van der Waals surface area (Å²) in [5, 5.41) is 5.85. The molecule has 2 aromatic heterocycles. The van der Waals surface area contributed by atoms with E-state index < -0.39 is 0 Å². The molecule has 0 saturated heterocycles. The topological polar surface area (TPSA) is 43.6 Å². The number of nitrogens with zero attached hydrogens (tertiary/aromatic N) is 4. The largest absolute Gasteiger partial charge is 0.275 e. The van der Waals surface area contributed by atoms with E-state index in [0.29, 0.717) is 5.15 Å². The first-order chi connectivity index (χ1) is 8.22. The van der Waals surface area contributed by atoms with Gasteiger partial charge >= 0.3 is 0 Å². The van der Waals surface area contributed by atoms with Crippen molar-refractivity contribution in [2.45, 2.75) is 0 Å². The lowest BCUT2D eigenvalue weighted by Gasteiger charge is -2.00. The number of halogens is 1. The van der Waals surface area contributed by atoms with Crippen LogP contribution in [-0.2, 0) is 7.05 Å². The molecular formula is C12H9ClN4. The Kier molecular flexibility index (Phi) is 2.30. The van der Waals surface area contributed by atoms with Crippen molar-refractivity contribution in [1.29, 1.82) is 0 Å². The maximum atomic E-state index is 5.85. The summed E-state index contributed by atoms with van der Waals surface area (Å²) in [6.45, 7) is 0. The Bertz CT molecular complexity index is 690. The van der Waals surface area contributed by atoms with Gasteiger partial charge in [-0.3, -0.25) is 4.68 Å². The summed E-state index contributed by atoms with van der Waals surface area (Å²) in [6, 6.07) is 7.74. The number of benzene rings is 1. The second kappa shape index (κ2) is 3.82. The number of hydrogen-bond acceptors (Lipinski definition) is 3. The molecule has 17 heavy (non-hydrogen) atoms. The van der Waals surface area contributed by atoms with Gasteiger partial charge in [-0.25, -0.2) is 9.97 Å². The zero-order valence-electron chi connectivity index (χ0n) is 9.13. The fraction of sp³-hybridized carbons (Fsp3) is 0.0833. The van der Waals surface area contributed by atoms with Gasteiger partial charge in [0.2, 0.25) is 0 Å². The highest BCUT2D eigenvalue weighted by molar-refractivity contribution is 6.29. The maximum Gasteiger partial charge on any atom is 0.133 e. The van der Waals surface area contributed by atoms with Crippen molar-refractivity contribution in [2.24, 2.45) is 7.05 Å². The fourth-order valence-corrected chi connectivity index (χ4v) is 1.95. The van der Waals surface area contributed by atoms with Gasteiger partial charge < -0.3 is 0 Å². The second-order valence-corrected chi connectivity index (χ2v) is 4.19. The second-order valence-electron chi connectivity index (χ2n) is 3.80. The minimum atomic E-state index is 0.446. The molecule has 4 nitrogen and oxygen atoms in total. The molecule has 0 aliphatic rings. The molecule has 3 rings (SSSR count). The van der Waals surface area contributed by atoms with Crippen LogP contribution in [0.4, 0.5) is 0 Å². The Morgan fingerprint density at radius 3 is 2.88 bits per heavy atom. The Morgan fingerprint density at radius 2 is 2.06 bits per heavy atom. The van der Waals surface area contributed by atoms with Gasteiger partial charge in [-0.2, -0.15) is 5.10 Å². The van der Waals surface area contributed by atoms with Gasteiger partial charge in [0.1, 0.15) is 11.5 Å². The number of aromatic nitrogens is 4. The molecule has 1 aromatic carbocycles. The maximum absolute atomic E-state index is 5.85. The van der Waals surface area contributed by atoms with Gasteiger partial charge in [0, 0.05) is 30.3 Å². The first kappa shape index (κ1) is 10.2. The molecule has 0 N–H and O–H groups in total. The summed E-state index contributed by atoms with van der Waals surface area (Å²) in [6.07, 6.45) is 3.44. The van der Waals surface area contributed by atoms with E-state index in [-0.39, 0.29) is 0 Å². The van der Waals surface area contributed by atoms with Crippen molar-refractivity contribution in [3.05, 3.63) is 41.9 Å². The van der Waals surface area contributed by atoms with Crippen molar-refractivity contribution in [3.63, 3.8) is 0 Å². The minimum Gasteiger partial charge on any atom is -0.275 e. The molecule has 0 saturated carbocycles. The van der Waals surface area contributed by atoms with Gasteiger partial charge in [-0.15, -0.1) is 0 Å². The Balaban J connectivity index is 2.17. The quantitative estimate of drug-likeness (QED) is 0.618. The summed E-state index contributed by atoms with van der Waals surface area (Å²) < 4.78 is 1.79. The van der Waals surface area contributed by atoms with Crippen molar-refractivity contribution in [1.82, 2.24) is 19.7 Å². The molecule has 0 aliphatic carbocycles. The highest BCUT2D eigenvalue weighted by Gasteiger charge is 2.04. The summed E-state index contributed by atoms with van der Waals surface area (Å²) in [5.74, 6) is 0. The fourth-order valence-electron chi connectivity index (χ4n) is 1.80. The predicted molar refractivity (Wildman–Crippen MR) is 66.8 cm³/mol. The molecule has 0 aliphatic heterocycles. The number of hydrogen-bond donors (Lipinski definition) is 0. The molecule has 5 heteroatoms. The van der Waals surface area contributed by atoms with E-state index >= 15 is 0 Å². The summed E-state index contributed by atoms with van der Waals surface area (Å²) >= 11 is 5.85. The smallest absolute Gasteiger partial charge is 0.133 e. The van der Waals surface area contributed by atoms with Crippen LogP contribution in [0.1, 0.15) is 0 Å². The average molecular weight is 245 g/mol. The highest BCUT2D eigenvalue weighted by Crippen LogP contribution is 2.23. The van der Waals surface area contributed by atoms with E-state index in [2.05, 4.69) is 15.1 Å². The van der Waals surface area contributed by atoms with Crippen LogP contribution in [0.15, 0.2) is 36.8 Å². The van der Waals surface area contributed by atoms with E-state index in [1.807, 2.05) is 31.4 Å². The minimum absolute atomic E-state index is 0.446. The van der Waals surface area contributed by atoms with Crippen LogP contribution in [-0.4, -0.2) is 19.7 Å². The zero-order chi connectivity index (χ0) is 11.8. The lowest BCUT2D eigenvalue weighted by atomic mass is 10.1. The predicted octanol–water partition coefficient (Wildman–Crippen LogP) is 2.68. The van der Waals surface area contributed by atoms with Crippen LogP contribution in [0.2, 0.25) is 5.15 Å². The molecular weight excluding hydrogens is 236 g/mol. The van der Waals surface area contributed by atoms with Crippen LogP contribution >= 0.6 is 11.6 Å². The van der Waals surface area contributed by atoms with E-state index in [1.54, 1.807) is 10.7 Å². The van der Waals surface area contributed by atoms with Crippen LogP contribution < -0.4 is 0 Å². The van der Waals surface area contributed by atoms with E-state index in [4.69, 9.17) is 11.6 Å². The standard InChI is InChI=1S/C12H9ClN4/c1-17-6-9-4-8(2-3-10(9)16-17)11-5-12(13)15-7-14-11/h2-7H,1H3. The highest BCUT2D eigenvalue weighted by atomic mass is 35.5. The third-order valence-electron chi connectivity index (χ3n) is 2.55. The third-order valence-corrected chi connectivity index (χ3v) is 2.76. The van der Waals surface area contributed by atoms with Crippen molar-refractivity contribution in [3.8, 4) is 11.3 Å². The molecule has 0 radical (unpaired) electrons. The van der Waals surface area contributed by atoms with E-state index in [9.17, 15) is 0 Å². The van der Waals surface area contributed by atoms with Gasteiger partial charge in [0.25, 0.3) is 0 Å².